The van der Waals surface area contributed by atoms with Crippen LogP contribution in [0.5, 0.6) is 0 Å². The Morgan fingerprint density at radius 2 is 1.78 bits per heavy atom. The lowest BCUT2D eigenvalue weighted by atomic mass is 9.87. The molecular formula is C15H20N2S. The molecule has 0 aliphatic carbocycles. The van der Waals surface area contributed by atoms with Gasteiger partial charge < -0.3 is 5.73 Å². The third kappa shape index (κ3) is 2.79. The van der Waals surface area contributed by atoms with Gasteiger partial charge in [0.1, 0.15) is 5.01 Å². The standard InChI is InChI=1S/C15H20N2S/c1-10(16)13-9-17-14(18-13)11-5-7-12(8-6-11)15(2,3)4/h5-10H,16H2,1-4H3. The van der Waals surface area contributed by atoms with E-state index >= 15 is 0 Å². The van der Waals surface area contributed by atoms with Crippen LogP contribution < -0.4 is 5.73 Å². The van der Waals surface area contributed by atoms with E-state index in [9.17, 15) is 0 Å². The predicted molar refractivity (Wildman–Crippen MR) is 78.9 cm³/mol. The number of nitrogens with zero attached hydrogens (tertiary/aromatic N) is 1. The van der Waals surface area contributed by atoms with Crippen molar-refractivity contribution < 1.29 is 0 Å². The Morgan fingerprint density at radius 1 is 1.17 bits per heavy atom. The SMILES string of the molecule is CC(N)c1cnc(-c2ccc(C(C)(C)C)cc2)s1. The molecule has 2 nitrogen and oxygen atoms in total. The van der Waals surface area contributed by atoms with Gasteiger partial charge in [0, 0.05) is 22.7 Å². The van der Waals surface area contributed by atoms with Crippen molar-refractivity contribution >= 4 is 11.3 Å². The summed E-state index contributed by atoms with van der Waals surface area (Å²) in [6, 6.07) is 8.71. The highest BCUT2D eigenvalue weighted by molar-refractivity contribution is 7.15. The smallest absolute Gasteiger partial charge is 0.123 e. The second-order valence-corrected chi connectivity index (χ2v) is 6.75. The number of thiazole rings is 1. The summed E-state index contributed by atoms with van der Waals surface area (Å²) in [6.07, 6.45) is 1.88. The van der Waals surface area contributed by atoms with Gasteiger partial charge in [-0.3, -0.25) is 0 Å². The van der Waals surface area contributed by atoms with Gasteiger partial charge in [-0.25, -0.2) is 4.98 Å². The van der Waals surface area contributed by atoms with Crippen LogP contribution in [0.3, 0.4) is 0 Å². The van der Waals surface area contributed by atoms with Crippen LogP contribution in [0.2, 0.25) is 0 Å². The molecule has 0 saturated heterocycles. The number of benzene rings is 1. The minimum Gasteiger partial charge on any atom is -0.323 e. The summed E-state index contributed by atoms with van der Waals surface area (Å²) < 4.78 is 0. The molecule has 0 saturated carbocycles. The van der Waals surface area contributed by atoms with Gasteiger partial charge in [-0.15, -0.1) is 11.3 Å². The van der Waals surface area contributed by atoms with Gasteiger partial charge in [0.25, 0.3) is 0 Å². The Balaban J connectivity index is 2.29. The average Bonchev–Trinajstić information content (AvgIpc) is 2.77. The third-order valence-corrected chi connectivity index (χ3v) is 4.22. The van der Waals surface area contributed by atoms with E-state index in [2.05, 4.69) is 50.0 Å². The lowest BCUT2D eigenvalue weighted by Crippen LogP contribution is -2.10. The normalized spacial score (nSPS) is 13.6. The van der Waals surface area contributed by atoms with Gasteiger partial charge in [0.05, 0.1) is 0 Å². The second-order valence-electron chi connectivity index (χ2n) is 5.68. The van der Waals surface area contributed by atoms with Gasteiger partial charge in [0.15, 0.2) is 0 Å². The molecular weight excluding hydrogens is 240 g/mol. The fourth-order valence-electron chi connectivity index (χ4n) is 1.74. The quantitative estimate of drug-likeness (QED) is 0.882. The molecule has 1 unspecified atom stereocenters. The Kier molecular flexibility index (Phi) is 3.55. The van der Waals surface area contributed by atoms with E-state index in [1.807, 2.05) is 13.1 Å². The van der Waals surface area contributed by atoms with Gasteiger partial charge >= 0.3 is 0 Å². The largest absolute Gasteiger partial charge is 0.323 e. The van der Waals surface area contributed by atoms with E-state index in [1.165, 1.54) is 11.1 Å². The zero-order valence-electron chi connectivity index (χ0n) is 11.4. The molecule has 96 valence electrons. The first-order chi connectivity index (χ1) is 8.38. The van der Waals surface area contributed by atoms with Gasteiger partial charge in [0.2, 0.25) is 0 Å². The number of hydrogen-bond acceptors (Lipinski definition) is 3. The highest BCUT2D eigenvalue weighted by Gasteiger charge is 2.14. The van der Waals surface area contributed by atoms with Crippen LogP contribution >= 0.6 is 11.3 Å². The maximum absolute atomic E-state index is 5.86. The molecule has 0 aliphatic rings. The molecule has 0 radical (unpaired) electrons. The Bertz CT molecular complexity index is 518. The molecule has 2 aromatic rings. The minimum absolute atomic E-state index is 0.0603. The summed E-state index contributed by atoms with van der Waals surface area (Å²) in [7, 11) is 0. The third-order valence-electron chi connectivity index (χ3n) is 2.97. The molecule has 0 amide bonds. The first-order valence-electron chi connectivity index (χ1n) is 6.20. The lowest BCUT2D eigenvalue weighted by molar-refractivity contribution is 0.590. The average molecular weight is 260 g/mol. The monoisotopic (exact) mass is 260 g/mol. The zero-order chi connectivity index (χ0) is 13.3. The summed E-state index contributed by atoms with van der Waals surface area (Å²) in [4.78, 5) is 5.57. The number of hydrogen-bond donors (Lipinski definition) is 1. The Labute approximate surface area is 113 Å². The van der Waals surface area contributed by atoms with E-state index in [1.54, 1.807) is 11.3 Å². The van der Waals surface area contributed by atoms with Crippen molar-refractivity contribution in [3.63, 3.8) is 0 Å². The molecule has 1 aromatic heterocycles. The maximum atomic E-state index is 5.86. The zero-order valence-corrected chi connectivity index (χ0v) is 12.2. The van der Waals surface area contributed by atoms with E-state index in [-0.39, 0.29) is 11.5 Å². The second kappa shape index (κ2) is 4.82. The molecule has 1 atom stereocenters. The minimum atomic E-state index is 0.0603. The van der Waals surface area contributed by atoms with Gasteiger partial charge in [-0.1, -0.05) is 45.0 Å². The Hall–Kier alpha value is -1.19. The first-order valence-corrected chi connectivity index (χ1v) is 7.02. The number of nitrogens with two attached hydrogens (primary N) is 1. The van der Waals surface area contributed by atoms with Gasteiger partial charge in [-0.2, -0.15) is 0 Å². The summed E-state index contributed by atoms with van der Waals surface area (Å²) in [5.41, 5.74) is 8.56. The van der Waals surface area contributed by atoms with Gasteiger partial charge in [-0.05, 0) is 17.9 Å². The van der Waals surface area contributed by atoms with Crippen LogP contribution in [-0.4, -0.2) is 4.98 Å². The highest BCUT2D eigenvalue weighted by atomic mass is 32.1. The van der Waals surface area contributed by atoms with E-state index in [0.29, 0.717) is 0 Å². The summed E-state index contributed by atoms with van der Waals surface area (Å²) in [5.74, 6) is 0. The summed E-state index contributed by atoms with van der Waals surface area (Å²) >= 11 is 1.67. The molecule has 18 heavy (non-hydrogen) atoms. The Morgan fingerprint density at radius 3 is 2.22 bits per heavy atom. The molecule has 3 heteroatoms. The molecule has 1 heterocycles. The van der Waals surface area contributed by atoms with Crippen LogP contribution in [0.25, 0.3) is 10.6 Å². The number of aromatic nitrogens is 1. The van der Waals surface area contributed by atoms with E-state index < -0.39 is 0 Å². The lowest BCUT2D eigenvalue weighted by Gasteiger charge is -2.18. The molecule has 0 fully saturated rings. The topological polar surface area (TPSA) is 38.9 Å². The van der Waals surface area contributed by atoms with Crippen LogP contribution in [0.1, 0.15) is 44.2 Å². The summed E-state index contributed by atoms with van der Waals surface area (Å²) in [5, 5.41) is 1.04. The summed E-state index contributed by atoms with van der Waals surface area (Å²) in [6.45, 7) is 8.65. The highest BCUT2D eigenvalue weighted by Crippen LogP contribution is 2.30. The van der Waals surface area contributed by atoms with Crippen molar-refractivity contribution in [1.29, 1.82) is 0 Å². The van der Waals surface area contributed by atoms with Crippen LogP contribution in [-0.2, 0) is 5.41 Å². The van der Waals surface area contributed by atoms with Crippen molar-refractivity contribution in [2.24, 2.45) is 5.73 Å². The first kappa shape index (κ1) is 13.2. The predicted octanol–water partition coefficient (Wildman–Crippen LogP) is 4.13. The van der Waals surface area contributed by atoms with Crippen molar-refractivity contribution in [2.75, 3.05) is 0 Å². The van der Waals surface area contributed by atoms with Crippen molar-refractivity contribution in [3.8, 4) is 10.6 Å². The van der Waals surface area contributed by atoms with Crippen LogP contribution in [0.15, 0.2) is 30.5 Å². The van der Waals surface area contributed by atoms with Crippen molar-refractivity contribution in [3.05, 3.63) is 40.9 Å². The maximum Gasteiger partial charge on any atom is 0.123 e. The van der Waals surface area contributed by atoms with Crippen molar-refractivity contribution in [2.45, 2.75) is 39.2 Å². The molecule has 2 rings (SSSR count). The van der Waals surface area contributed by atoms with Crippen LogP contribution in [0, 0.1) is 0 Å². The van der Waals surface area contributed by atoms with Crippen molar-refractivity contribution in [1.82, 2.24) is 4.98 Å². The molecule has 0 spiro atoms. The molecule has 1 aromatic carbocycles. The molecule has 2 N–H and O–H groups in total. The fourth-order valence-corrected chi connectivity index (χ4v) is 2.62. The van der Waals surface area contributed by atoms with Crippen LogP contribution in [0.4, 0.5) is 0 Å². The van der Waals surface area contributed by atoms with E-state index in [4.69, 9.17) is 5.73 Å². The molecule has 0 bridgehead atoms. The molecule has 0 aliphatic heterocycles. The number of rotatable bonds is 2. The van der Waals surface area contributed by atoms with E-state index in [0.717, 1.165) is 9.88 Å². The fraction of sp³-hybridized carbons (Fsp3) is 0.400.